The van der Waals surface area contributed by atoms with Crippen LogP contribution in [0.3, 0.4) is 0 Å². The summed E-state index contributed by atoms with van der Waals surface area (Å²) in [6.45, 7) is 3.60. The first-order valence-corrected chi connectivity index (χ1v) is 8.95. The molecule has 7 nitrogen and oxygen atoms in total. The number of nitrogens with zero attached hydrogens (tertiary/aromatic N) is 4. The van der Waals surface area contributed by atoms with Gasteiger partial charge in [0.1, 0.15) is 5.76 Å². The minimum atomic E-state index is -0.354. The maximum Gasteiger partial charge on any atom is 0.238 e. The highest BCUT2D eigenvalue weighted by molar-refractivity contribution is 8.00. The first kappa shape index (κ1) is 15.2. The number of benzene rings is 1. The molecule has 24 heavy (non-hydrogen) atoms. The van der Waals surface area contributed by atoms with Crippen LogP contribution in [0.15, 0.2) is 40.0 Å². The SMILES string of the molecule is Cc1cc(NC(=O)C(C)Sc2nnc3sc4ccccc4n23)no1. The molecule has 0 fully saturated rings. The molecule has 9 heteroatoms. The van der Waals surface area contributed by atoms with Crippen molar-refractivity contribution in [3.8, 4) is 0 Å². The van der Waals surface area contributed by atoms with Gasteiger partial charge in [0.05, 0.1) is 15.5 Å². The third-order valence-electron chi connectivity index (χ3n) is 3.44. The molecule has 1 N–H and O–H groups in total. The van der Waals surface area contributed by atoms with Gasteiger partial charge in [0.15, 0.2) is 11.0 Å². The molecule has 0 saturated heterocycles. The maximum absolute atomic E-state index is 12.3. The highest BCUT2D eigenvalue weighted by atomic mass is 32.2. The van der Waals surface area contributed by atoms with Crippen molar-refractivity contribution < 1.29 is 9.32 Å². The number of nitrogens with one attached hydrogen (secondary N) is 1. The van der Waals surface area contributed by atoms with E-state index in [1.165, 1.54) is 11.8 Å². The smallest absolute Gasteiger partial charge is 0.238 e. The van der Waals surface area contributed by atoms with Gasteiger partial charge in [-0.25, -0.2) is 0 Å². The summed E-state index contributed by atoms with van der Waals surface area (Å²) < 4.78 is 8.07. The summed E-state index contributed by atoms with van der Waals surface area (Å²) in [5.41, 5.74) is 1.05. The van der Waals surface area contributed by atoms with Crippen LogP contribution in [0.5, 0.6) is 0 Å². The number of aromatic nitrogens is 4. The summed E-state index contributed by atoms with van der Waals surface area (Å²) in [5, 5.41) is 15.3. The van der Waals surface area contributed by atoms with Crippen LogP contribution >= 0.6 is 23.1 Å². The van der Waals surface area contributed by atoms with Crippen LogP contribution in [0, 0.1) is 6.92 Å². The summed E-state index contributed by atoms with van der Waals surface area (Å²) in [6, 6.07) is 9.72. The lowest BCUT2D eigenvalue weighted by Gasteiger charge is -2.08. The Kier molecular flexibility index (Phi) is 3.73. The fraction of sp³-hybridized carbons (Fsp3) is 0.200. The van der Waals surface area contributed by atoms with Gasteiger partial charge in [-0.2, -0.15) is 0 Å². The molecule has 0 spiro atoms. The second kappa shape index (κ2) is 5.91. The van der Waals surface area contributed by atoms with Crippen LogP contribution in [0.4, 0.5) is 5.82 Å². The molecule has 0 aliphatic heterocycles. The van der Waals surface area contributed by atoms with Gasteiger partial charge in [-0.05, 0) is 26.0 Å². The second-order valence-electron chi connectivity index (χ2n) is 5.24. The summed E-state index contributed by atoms with van der Waals surface area (Å²) in [7, 11) is 0. The zero-order valence-corrected chi connectivity index (χ0v) is 14.5. The Hall–Kier alpha value is -2.39. The normalized spacial score (nSPS) is 12.8. The van der Waals surface area contributed by atoms with Crippen molar-refractivity contribution in [2.45, 2.75) is 24.3 Å². The average Bonchev–Trinajstić information content (AvgIpc) is 3.23. The largest absolute Gasteiger partial charge is 0.360 e. The number of aryl methyl sites for hydroxylation is 1. The minimum Gasteiger partial charge on any atom is -0.360 e. The van der Waals surface area contributed by atoms with E-state index in [0.717, 1.165) is 15.2 Å². The van der Waals surface area contributed by atoms with E-state index >= 15 is 0 Å². The number of amides is 1. The number of thiazole rings is 1. The molecule has 3 aromatic heterocycles. The van der Waals surface area contributed by atoms with E-state index in [1.807, 2.05) is 35.6 Å². The summed E-state index contributed by atoms with van der Waals surface area (Å²) in [5.74, 6) is 0.899. The van der Waals surface area contributed by atoms with Gasteiger partial charge in [0.2, 0.25) is 10.9 Å². The third-order valence-corrected chi connectivity index (χ3v) is 5.50. The highest BCUT2D eigenvalue weighted by Crippen LogP contribution is 2.31. The average molecular weight is 359 g/mol. The number of carbonyl (C=O) groups is 1. The molecule has 0 aliphatic carbocycles. The molecule has 1 amide bonds. The second-order valence-corrected chi connectivity index (χ2v) is 7.56. The van der Waals surface area contributed by atoms with Gasteiger partial charge in [-0.15, -0.1) is 10.2 Å². The molecule has 4 aromatic rings. The summed E-state index contributed by atoms with van der Waals surface area (Å²) in [4.78, 5) is 13.1. The first-order valence-electron chi connectivity index (χ1n) is 7.25. The third kappa shape index (κ3) is 2.65. The van der Waals surface area contributed by atoms with Crippen LogP contribution in [0.1, 0.15) is 12.7 Å². The Morgan fingerprint density at radius 1 is 1.38 bits per heavy atom. The quantitative estimate of drug-likeness (QED) is 0.562. The zero-order chi connectivity index (χ0) is 16.7. The Morgan fingerprint density at radius 2 is 2.21 bits per heavy atom. The molecule has 0 aliphatic rings. The molecule has 122 valence electrons. The van der Waals surface area contributed by atoms with Crippen LogP contribution in [0.25, 0.3) is 15.2 Å². The fourth-order valence-corrected chi connectivity index (χ4v) is 4.18. The molecule has 4 rings (SSSR count). The predicted octanol–water partition coefficient (Wildman–Crippen LogP) is 3.36. The lowest BCUT2D eigenvalue weighted by molar-refractivity contribution is -0.115. The fourth-order valence-electron chi connectivity index (χ4n) is 2.30. The van der Waals surface area contributed by atoms with Crippen LogP contribution < -0.4 is 5.32 Å². The molecular weight excluding hydrogens is 346 g/mol. The molecule has 0 bridgehead atoms. The van der Waals surface area contributed by atoms with Crippen molar-refractivity contribution in [1.82, 2.24) is 19.8 Å². The number of para-hydroxylation sites is 1. The van der Waals surface area contributed by atoms with Crippen molar-refractivity contribution in [2.24, 2.45) is 0 Å². The molecule has 0 saturated carbocycles. The van der Waals surface area contributed by atoms with Gasteiger partial charge in [-0.3, -0.25) is 9.20 Å². The number of fused-ring (bicyclic) bond motifs is 3. The summed E-state index contributed by atoms with van der Waals surface area (Å²) in [6.07, 6.45) is 0. The maximum atomic E-state index is 12.3. The number of hydrogen-bond acceptors (Lipinski definition) is 7. The van der Waals surface area contributed by atoms with E-state index < -0.39 is 0 Å². The van der Waals surface area contributed by atoms with Gasteiger partial charge in [0.25, 0.3) is 0 Å². The monoisotopic (exact) mass is 359 g/mol. The van der Waals surface area contributed by atoms with Gasteiger partial charge < -0.3 is 9.84 Å². The van der Waals surface area contributed by atoms with Crippen molar-refractivity contribution in [1.29, 1.82) is 0 Å². The van der Waals surface area contributed by atoms with Crippen molar-refractivity contribution in [3.63, 3.8) is 0 Å². The Bertz CT molecular complexity index is 1030. The molecule has 0 radical (unpaired) electrons. The topological polar surface area (TPSA) is 85.3 Å². The van der Waals surface area contributed by atoms with Crippen molar-refractivity contribution in [2.75, 3.05) is 5.32 Å². The first-order chi connectivity index (χ1) is 11.6. The van der Waals surface area contributed by atoms with Gasteiger partial charge >= 0.3 is 0 Å². The van der Waals surface area contributed by atoms with Gasteiger partial charge in [0, 0.05) is 6.07 Å². The molecule has 1 aromatic carbocycles. The zero-order valence-electron chi connectivity index (χ0n) is 12.9. The Labute approximate surface area is 145 Å². The number of thioether (sulfide) groups is 1. The minimum absolute atomic E-state index is 0.162. The van der Waals surface area contributed by atoms with Crippen molar-refractivity contribution >= 4 is 50.0 Å². The van der Waals surface area contributed by atoms with Crippen LogP contribution in [-0.4, -0.2) is 30.9 Å². The Morgan fingerprint density at radius 3 is 3.00 bits per heavy atom. The van der Waals surface area contributed by atoms with Crippen LogP contribution in [-0.2, 0) is 4.79 Å². The molecule has 1 unspecified atom stereocenters. The predicted molar refractivity (Wildman–Crippen MR) is 93.6 cm³/mol. The standard InChI is InChI=1S/C15H13N5O2S2/c1-8-7-12(19-22-8)16-13(21)9(2)23-14-17-18-15-20(14)10-5-3-4-6-11(10)24-15/h3-7,9H,1-2H3,(H,16,19,21). The number of rotatable bonds is 4. The van der Waals surface area contributed by atoms with E-state index in [1.54, 1.807) is 24.3 Å². The van der Waals surface area contributed by atoms with E-state index in [-0.39, 0.29) is 11.2 Å². The number of carbonyl (C=O) groups excluding carboxylic acids is 1. The van der Waals surface area contributed by atoms with Crippen LogP contribution in [0.2, 0.25) is 0 Å². The molecular formula is C15H13N5O2S2. The van der Waals surface area contributed by atoms with E-state index in [9.17, 15) is 4.79 Å². The van der Waals surface area contributed by atoms with Gasteiger partial charge in [-0.1, -0.05) is 40.4 Å². The van der Waals surface area contributed by atoms with E-state index in [2.05, 4.69) is 20.7 Å². The number of hydrogen-bond donors (Lipinski definition) is 1. The lowest BCUT2D eigenvalue weighted by Crippen LogP contribution is -2.22. The molecule has 1 atom stereocenters. The summed E-state index contributed by atoms with van der Waals surface area (Å²) >= 11 is 2.94. The highest BCUT2D eigenvalue weighted by Gasteiger charge is 2.20. The Balaban J connectivity index is 1.58. The van der Waals surface area contributed by atoms with E-state index in [0.29, 0.717) is 16.7 Å². The van der Waals surface area contributed by atoms with E-state index in [4.69, 9.17) is 4.52 Å². The van der Waals surface area contributed by atoms with Crippen molar-refractivity contribution in [3.05, 3.63) is 36.1 Å². The molecule has 3 heterocycles. The number of anilines is 1. The lowest BCUT2D eigenvalue weighted by atomic mass is 10.3.